The van der Waals surface area contributed by atoms with Gasteiger partial charge in [-0.15, -0.1) is 0 Å². The summed E-state index contributed by atoms with van der Waals surface area (Å²) in [6, 6.07) is 2.44. The SMILES string of the molecule is CCCNC(=O)CN1CCN(c2ccc(C(F)(F)F)cn2)CC1. The molecule has 0 aromatic carbocycles. The van der Waals surface area contributed by atoms with Gasteiger partial charge in [-0.3, -0.25) is 9.69 Å². The number of carbonyl (C=O) groups excluding carboxylic acids is 1. The van der Waals surface area contributed by atoms with Crippen molar-refractivity contribution in [1.82, 2.24) is 15.2 Å². The molecule has 1 N–H and O–H groups in total. The molecule has 1 aliphatic rings. The maximum absolute atomic E-state index is 12.5. The first kappa shape index (κ1) is 17.5. The van der Waals surface area contributed by atoms with Gasteiger partial charge in [-0.05, 0) is 18.6 Å². The van der Waals surface area contributed by atoms with Gasteiger partial charge in [-0.1, -0.05) is 6.92 Å². The number of nitrogens with zero attached hydrogens (tertiary/aromatic N) is 3. The van der Waals surface area contributed by atoms with Crippen molar-refractivity contribution in [2.45, 2.75) is 19.5 Å². The lowest BCUT2D eigenvalue weighted by Gasteiger charge is -2.35. The predicted molar refractivity (Wildman–Crippen MR) is 81.2 cm³/mol. The molecule has 0 aliphatic carbocycles. The molecule has 8 heteroatoms. The van der Waals surface area contributed by atoms with Gasteiger partial charge in [0, 0.05) is 38.9 Å². The van der Waals surface area contributed by atoms with E-state index in [-0.39, 0.29) is 5.91 Å². The van der Waals surface area contributed by atoms with Crippen molar-refractivity contribution in [1.29, 1.82) is 0 Å². The Labute approximate surface area is 133 Å². The maximum Gasteiger partial charge on any atom is 0.417 e. The van der Waals surface area contributed by atoms with Crippen LogP contribution in [0.15, 0.2) is 18.3 Å². The van der Waals surface area contributed by atoms with Crippen LogP contribution in [-0.2, 0) is 11.0 Å². The van der Waals surface area contributed by atoms with E-state index in [1.54, 1.807) is 0 Å². The van der Waals surface area contributed by atoms with Gasteiger partial charge < -0.3 is 10.2 Å². The fourth-order valence-electron chi connectivity index (χ4n) is 2.40. The Balaban J connectivity index is 1.83. The minimum absolute atomic E-state index is 0.00737. The number of alkyl halides is 3. The van der Waals surface area contributed by atoms with E-state index in [0.29, 0.717) is 45.1 Å². The molecule has 0 unspecified atom stereocenters. The summed E-state index contributed by atoms with van der Waals surface area (Å²) < 4.78 is 37.6. The van der Waals surface area contributed by atoms with Gasteiger partial charge in [0.15, 0.2) is 0 Å². The Morgan fingerprint density at radius 2 is 1.96 bits per heavy atom. The lowest BCUT2D eigenvalue weighted by Crippen LogP contribution is -2.49. The second kappa shape index (κ2) is 7.63. The molecule has 1 aromatic rings. The minimum atomic E-state index is -4.37. The Hall–Kier alpha value is -1.83. The second-order valence-electron chi connectivity index (χ2n) is 5.52. The smallest absolute Gasteiger partial charge is 0.355 e. The summed E-state index contributed by atoms with van der Waals surface area (Å²) in [5.74, 6) is 0.543. The van der Waals surface area contributed by atoms with Crippen LogP contribution in [0, 0.1) is 0 Å². The molecule has 1 aromatic heterocycles. The number of anilines is 1. The highest BCUT2D eigenvalue weighted by molar-refractivity contribution is 5.78. The fourth-order valence-corrected chi connectivity index (χ4v) is 2.40. The molecule has 1 saturated heterocycles. The lowest BCUT2D eigenvalue weighted by molar-refractivity contribution is -0.137. The number of piperazine rings is 1. The summed E-state index contributed by atoms with van der Waals surface area (Å²) in [5, 5.41) is 2.83. The first-order valence-corrected chi connectivity index (χ1v) is 7.67. The number of aromatic nitrogens is 1. The van der Waals surface area contributed by atoms with Crippen molar-refractivity contribution in [2.24, 2.45) is 0 Å². The topological polar surface area (TPSA) is 48.5 Å². The number of rotatable bonds is 5. The monoisotopic (exact) mass is 330 g/mol. The number of pyridine rings is 1. The van der Waals surface area contributed by atoms with Gasteiger partial charge >= 0.3 is 6.18 Å². The van der Waals surface area contributed by atoms with Crippen LogP contribution in [0.25, 0.3) is 0 Å². The largest absolute Gasteiger partial charge is 0.417 e. The number of amides is 1. The van der Waals surface area contributed by atoms with Crippen molar-refractivity contribution < 1.29 is 18.0 Å². The molecule has 0 spiro atoms. The van der Waals surface area contributed by atoms with E-state index in [1.807, 2.05) is 16.7 Å². The van der Waals surface area contributed by atoms with Crippen LogP contribution in [0.5, 0.6) is 0 Å². The minimum Gasteiger partial charge on any atom is -0.355 e. The highest BCUT2D eigenvalue weighted by Crippen LogP contribution is 2.29. The summed E-state index contributed by atoms with van der Waals surface area (Å²) in [6.07, 6.45) is -2.60. The molecule has 2 heterocycles. The Morgan fingerprint density at radius 1 is 1.26 bits per heavy atom. The van der Waals surface area contributed by atoms with Crippen LogP contribution in [0.2, 0.25) is 0 Å². The number of carbonyl (C=O) groups is 1. The lowest BCUT2D eigenvalue weighted by atomic mass is 10.2. The van der Waals surface area contributed by atoms with Gasteiger partial charge in [0.1, 0.15) is 5.82 Å². The van der Waals surface area contributed by atoms with Gasteiger partial charge in [-0.25, -0.2) is 4.98 Å². The fraction of sp³-hybridized carbons (Fsp3) is 0.600. The zero-order valence-electron chi connectivity index (χ0n) is 13.1. The zero-order chi connectivity index (χ0) is 16.9. The van der Waals surface area contributed by atoms with Crippen LogP contribution >= 0.6 is 0 Å². The molecule has 0 saturated carbocycles. The third-order valence-corrected chi connectivity index (χ3v) is 3.71. The summed E-state index contributed by atoms with van der Waals surface area (Å²) >= 11 is 0. The average Bonchev–Trinajstić information content (AvgIpc) is 2.53. The normalized spacial score (nSPS) is 16.4. The molecular formula is C15H21F3N4O. The summed E-state index contributed by atoms with van der Waals surface area (Å²) in [4.78, 5) is 19.5. The van der Waals surface area contributed by atoms with Crippen LogP contribution in [0.3, 0.4) is 0 Å². The van der Waals surface area contributed by atoms with Crippen molar-refractivity contribution in [3.8, 4) is 0 Å². The zero-order valence-corrected chi connectivity index (χ0v) is 13.1. The molecule has 2 rings (SSSR count). The van der Waals surface area contributed by atoms with Crippen molar-refractivity contribution in [3.05, 3.63) is 23.9 Å². The quantitative estimate of drug-likeness (QED) is 0.894. The third-order valence-electron chi connectivity index (χ3n) is 3.71. The molecule has 0 bridgehead atoms. The molecule has 1 aliphatic heterocycles. The standard InChI is InChI=1S/C15H21F3N4O/c1-2-5-19-14(23)11-21-6-8-22(9-7-21)13-4-3-12(10-20-13)15(16,17)18/h3-4,10H,2,5-9,11H2,1H3,(H,19,23). The Morgan fingerprint density at radius 3 is 2.48 bits per heavy atom. The highest BCUT2D eigenvalue weighted by atomic mass is 19.4. The van der Waals surface area contributed by atoms with Gasteiger partial charge in [0.2, 0.25) is 5.91 Å². The summed E-state index contributed by atoms with van der Waals surface area (Å²) in [6.45, 7) is 5.67. The summed E-state index contributed by atoms with van der Waals surface area (Å²) in [7, 11) is 0. The third kappa shape index (κ3) is 5.09. The highest BCUT2D eigenvalue weighted by Gasteiger charge is 2.31. The van der Waals surface area contributed by atoms with Gasteiger partial charge in [-0.2, -0.15) is 13.2 Å². The van der Waals surface area contributed by atoms with Crippen molar-refractivity contribution in [2.75, 3.05) is 44.2 Å². The van der Waals surface area contributed by atoms with E-state index in [2.05, 4.69) is 10.3 Å². The molecular weight excluding hydrogens is 309 g/mol. The molecule has 1 fully saturated rings. The van der Waals surface area contributed by atoms with Crippen molar-refractivity contribution >= 4 is 11.7 Å². The van der Waals surface area contributed by atoms with Gasteiger partial charge in [0.05, 0.1) is 12.1 Å². The number of halogens is 3. The maximum atomic E-state index is 12.5. The number of hydrogen-bond donors (Lipinski definition) is 1. The van der Waals surface area contributed by atoms with Gasteiger partial charge in [0.25, 0.3) is 0 Å². The average molecular weight is 330 g/mol. The molecule has 5 nitrogen and oxygen atoms in total. The molecule has 0 atom stereocenters. The second-order valence-corrected chi connectivity index (χ2v) is 5.52. The molecule has 128 valence electrons. The Bertz CT molecular complexity index is 510. The predicted octanol–water partition coefficient (Wildman–Crippen LogP) is 1.75. The summed E-state index contributed by atoms with van der Waals surface area (Å²) in [5.41, 5.74) is -0.743. The Kier molecular flexibility index (Phi) is 5.81. The molecule has 1 amide bonds. The van der Waals surface area contributed by atoms with Crippen LogP contribution < -0.4 is 10.2 Å². The van der Waals surface area contributed by atoms with E-state index in [4.69, 9.17) is 0 Å². The van der Waals surface area contributed by atoms with Crippen LogP contribution in [0.4, 0.5) is 19.0 Å². The first-order valence-electron chi connectivity index (χ1n) is 7.67. The van der Waals surface area contributed by atoms with E-state index < -0.39 is 11.7 Å². The van der Waals surface area contributed by atoms with E-state index in [0.717, 1.165) is 18.7 Å². The van der Waals surface area contributed by atoms with E-state index in [1.165, 1.54) is 6.07 Å². The molecule has 0 radical (unpaired) electrons. The van der Waals surface area contributed by atoms with E-state index in [9.17, 15) is 18.0 Å². The number of nitrogens with one attached hydrogen (secondary N) is 1. The van der Waals surface area contributed by atoms with E-state index >= 15 is 0 Å². The van der Waals surface area contributed by atoms with Crippen molar-refractivity contribution in [3.63, 3.8) is 0 Å². The molecule has 23 heavy (non-hydrogen) atoms. The van der Waals surface area contributed by atoms with Crippen LogP contribution in [-0.4, -0.2) is 55.1 Å². The van der Waals surface area contributed by atoms with Crippen LogP contribution in [0.1, 0.15) is 18.9 Å². The number of hydrogen-bond acceptors (Lipinski definition) is 4. The first-order chi connectivity index (χ1) is 10.9.